The van der Waals surface area contributed by atoms with Crippen LogP contribution < -0.4 is 4.90 Å². The van der Waals surface area contributed by atoms with Gasteiger partial charge in [-0.3, -0.25) is 0 Å². The summed E-state index contributed by atoms with van der Waals surface area (Å²) in [7, 11) is 0. The molecule has 0 aliphatic rings. The van der Waals surface area contributed by atoms with E-state index in [2.05, 4.69) is 276 Å². The Morgan fingerprint density at radius 1 is 0.265 bits per heavy atom. The monoisotopic (exact) mass is 864 g/mol. The van der Waals surface area contributed by atoms with Crippen LogP contribution in [0.1, 0.15) is 0 Å². The first-order valence-electron chi connectivity index (χ1n) is 23.4. The maximum Gasteiger partial charge on any atom is 0.0619 e. The molecule has 318 valence electrons. The Labute approximate surface area is 395 Å². The summed E-state index contributed by atoms with van der Waals surface area (Å²) in [4.78, 5) is 2.38. The highest BCUT2D eigenvalue weighted by Gasteiger charge is 2.19. The van der Waals surface area contributed by atoms with E-state index >= 15 is 0 Å². The number of aromatic nitrogens is 1. The second-order valence-electron chi connectivity index (χ2n) is 17.7. The van der Waals surface area contributed by atoms with E-state index in [0.29, 0.717) is 0 Å². The van der Waals surface area contributed by atoms with E-state index in [1.54, 1.807) is 0 Å². The molecule has 0 aliphatic carbocycles. The fraction of sp³-hybridized carbons (Fsp3) is 0. The molecule has 0 unspecified atom stereocenters. The molecule has 13 rings (SSSR count). The predicted molar refractivity (Wildman–Crippen MR) is 290 cm³/mol. The number of nitrogens with zero attached hydrogens (tertiary/aromatic N) is 2. The summed E-state index contributed by atoms with van der Waals surface area (Å²) < 4.78 is 2.44. The topological polar surface area (TPSA) is 8.17 Å². The number of benzene rings is 12. The van der Waals surface area contributed by atoms with Crippen molar-refractivity contribution in [3.63, 3.8) is 0 Å². The summed E-state index contributed by atoms with van der Waals surface area (Å²) in [5.74, 6) is 0. The average molecular weight is 865 g/mol. The molecule has 0 aliphatic heterocycles. The van der Waals surface area contributed by atoms with Gasteiger partial charge in [0.2, 0.25) is 0 Å². The normalized spacial score (nSPS) is 11.5. The Hall–Kier alpha value is -8.98. The number of hydrogen-bond acceptors (Lipinski definition) is 1. The first kappa shape index (κ1) is 39.4. The van der Waals surface area contributed by atoms with E-state index < -0.39 is 0 Å². The zero-order valence-electron chi connectivity index (χ0n) is 37.3. The molecule has 12 aromatic carbocycles. The van der Waals surface area contributed by atoms with Crippen LogP contribution in [0, 0.1) is 0 Å². The summed E-state index contributed by atoms with van der Waals surface area (Å²) in [5.41, 5.74) is 16.5. The maximum atomic E-state index is 2.44. The molecule has 0 saturated carbocycles. The lowest BCUT2D eigenvalue weighted by molar-refractivity contribution is 1.19. The zero-order chi connectivity index (χ0) is 45.0. The van der Waals surface area contributed by atoms with E-state index in [4.69, 9.17) is 0 Å². The number of rotatable bonds is 8. The minimum absolute atomic E-state index is 1.08. The highest BCUT2D eigenvalue weighted by molar-refractivity contribution is 6.19. The van der Waals surface area contributed by atoms with Crippen molar-refractivity contribution in [2.24, 2.45) is 0 Å². The molecule has 1 aromatic heterocycles. The van der Waals surface area contributed by atoms with Crippen LogP contribution in [0.15, 0.2) is 267 Å². The third-order valence-corrected chi connectivity index (χ3v) is 13.8. The maximum absolute atomic E-state index is 2.44. The lowest BCUT2D eigenvalue weighted by atomic mass is 9.90. The quantitative estimate of drug-likeness (QED) is 0.148. The van der Waals surface area contributed by atoms with Crippen molar-refractivity contribution >= 4 is 71.2 Å². The molecular weight excluding hydrogens is 821 g/mol. The van der Waals surface area contributed by atoms with Gasteiger partial charge in [0.05, 0.1) is 11.0 Å². The molecule has 0 spiro atoms. The Morgan fingerprint density at radius 3 is 1.43 bits per heavy atom. The molecule has 0 radical (unpaired) electrons. The smallest absolute Gasteiger partial charge is 0.0619 e. The minimum Gasteiger partial charge on any atom is -0.311 e. The Kier molecular flexibility index (Phi) is 9.54. The largest absolute Gasteiger partial charge is 0.311 e. The SMILES string of the molecule is c1ccc(-c2c(-c3ccc(N(c4ccc(-c5ccc6c7ccc8ccccc8c7n(-c7ccccc7)c6c5)cc4)c4ccc(-c5cccc6ccccc56)cc4)cc3)ccc3ccccc23)cc1. The molecule has 2 heteroatoms. The van der Waals surface area contributed by atoms with Crippen molar-refractivity contribution in [1.29, 1.82) is 0 Å². The number of hydrogen-bond donors (Lipinski definition) is 0. The highest BCUT2D eigenvalue weighted by Crippen LogP contribution is 2.43. The van der Waals surface area contributed by atoms with Crippen molar-refractivity contribution in [3.8, 4) is 50.2 Å². The lowest BCUT2D eigenvalue weighted by Crippen LogP contribution is -2.09. The number of fused-ring (bicyclic) bond motifs is 7. The second-order valence-corrected chi connectivity index (χ2v) is 17.7. The molecule has 0 atom stereocenters. The Bertz CT molecular complexity index is 3980. The van der Waals surface area contributed by atoms with E-state index in [0.717, 1.165) is 28.3 Å². The van der Waals surface area contributed by atoms with Crippen LogP contribution in [-0.2, 0) is 0 Å². The summed E-state index contributed by atoms with van der Waals surface area (Å²) in [6.07, 6.45) is 0. The van der Waals surface area contributed by atoms with Gasteiger partial charge in [-0.25, -0.2) is 0 Å². The zero-order valence-corrected chi connectivity index (χ0v) is 37.3. The van der Waals surface area contributed by atoms with Crippen molar-refractivity contribution in [2.75, 3.05) is 4.90 Å². The van der Waals surface area contributed by atoms with Gasteiger partial charge in [0.15, 0.2) is 0 Å². The van der Waals surface area contributed by atoms with Gasteiger partial charge in [0.1, 0.15) is 0 Å². The molecule has 2 nitrogen and oxygen atoms in total. The molecule has 0 fully saturated rings. The fourth-order valence-corrected chi connectivity index (χ4v) is 10.5. The van der Waals surface area contributed by atoms with Crippen LogP contribution in [0.3, 0.4) is 0 Å². The third kappa shape index (κ3) is 6.73. The standard InChI is InChI=1S/C66H44N2/c1-3-17-51(18-4-1)65-59-23-11-8-15-47(59)32-41-60(65)50-30-39-56(40-31-50)67(55-37-28-49(29-38-55)58-25-13-19-46-14-7-10-22-57(46)58)54-35-26-45(27-36-54)52-34-42-62-63-43-33-48-16-9-12-24-61(48)66(63)68(64(62)44-52)53-20-5-2-6-21-53/h1-44H. The van der Waals surface area contributed by atoms with Crippen LogP contribution >= 0.6 is 0 Å². The van der Waals surface area contributed by atoms with Crippen molar-refractivity contribution in [1.82, 2.24) is 4.57 Å². The fourth-order valence-electron chi connectivity index (χ4n) is 10.5. The van der Waals surface area contributed by atoms with Gasteiger partial charge in [-0.15, -0.1) is 0 Å². The van der Waals surface area contributed by atoms with Gasteiger partial charge in [0, 0.05) is 38.9 Å². The average Bonchev–Trinajstić information content (AvgIpc) is 3.76. The summed E-state index contributed by atoms with van der Waals surface area (Å²) in [6, 6.07) is 97.4. The van der Waals surface area contributed by atoms with E-state index in [1.165, 1.54) is 93.1 Å². The molecule has 0 saturated heterocycles. The Morgan fingerprint density at radius 2 is 0.750 bits per heavy atom. The molecule has 0 bridgehead atoms. The molecule has 1 heterocycles. The van der Waals surface area contributed by atoms with Crippen molar-refractivity contribution in [2.45, 2.75) is 0 Å². The summed E-state index contributed by atoms with van der Waals surface area (Å²) in [5, 5.41) is 9.98. The molecule has 68 heavy (non-hydrogen) atoms. The highest BCUT2D eigenvalue weighted by atomic mass is 15.1. The Balaban J connectivity index is 0.921. The predicted octanol–water partition coefficient (Wildman–Crippen LogP) is 18.4. The van der Waals surface area contributed by atoms with E-state index in [-0.39, 0.29) is 0 Å². The van der Waals surface area contributed by atoms with Gasteiger partial charge in [-0.2, -0.15) is 0 Å². The van der Waals surface area contributed by atoms with Crippen molar-refractivity contribution < 1.29 is 0 Å². The van der Waals surface area contributed by atoms with Crippen LogP contribution in [0.25, 0.3) is 104 Å². The van der Waals surface area contributed by atoms with Crippen LogP contribution in [0.2, 0.25) is 0 Å². The third-order valence-electron chi connectivity index (χ3n) is 13.8. The molecule has 13 aromatic rings. The van der Waals surface area contributed by atoms with Gasteiger partial charge < -0.3 is 9.47 Å². The summed E-state index contributed by atoms with van der Waals surface area (Å²) in [6.45, 7) is 0. The first-order valence-corrected chi connectivity index (χ1v) is 23.4. The minimum atomic E-state index is 1.08. The second kappa shape index (κ2) is 16.5. The summed E-state index contributed by atoms with van der Waals surface area (Å²) >= 11 is 0. The first-order chi connectivity index (χ1) is 33.7. The number of anilines is 3. The van der Waals surface area contributed by atoms with E-state index in [9.17, 15) is 0 Å². The number of para-hydroxylation sites is 1. The van der Waals surface area contributed by atoms with Crippen LogP contribution in [-0.4, -0.2) is 4.57 Å². The van der Waals surface area contributed by atoms with Gasteiger partial charge in [0.25, 0.3) is 0 Å². The van der Waals surface area contributed by atoms with Gasteiger partial charge in [-0.1, -0.05) is 212 Å². The van der Waals surface area contributed by atoms with Crippen LogP contribution in [0.4, 0.5) is 17.1 Å². The van der Waals surface area contributed by atoms with E-state index in [1.807, 2.05) is 0 Å². The lowest BCUT2D eigenvalue weighted by Gasteiger charge is -2.26. The molecule has 0 amide bonds. The van der Waals surface area contributed by atoms with Crippen LogP contribution in [0.5, 0.6) is 0 Å². The molecular formula is C66H44N2. The van der Waals surface area contributed by atoms with Gasteiger partial charge in [-0.05, 0) is 126 Å². The van der Waals surface area contributed by atoms with Crippen molar-refractivity contribution in [3.05, 3.63) is 267 Å². The molecule has 0 N–H and O–H groups in total. The van der Waals surface area contributed by atoms with Gasteiger partial charge >= 0.3 is 0 Å².